The summed E-state index contributed by atoms with van der Waals surface area (Å²) >= 11 is 0. The molecule has 1 fully saturated rings. The number of hydrogen-bond donors (Lipinski definition) is 0. The van der Waals surface area contributed by atoms with E-state index >= 15 is 0 Å². The number of nitrogens with zero attached hydrogens (tertiary/aromatic N) is 1. The lowest BCUT2D eigenvalue weighted by molar-refractivity contribution is -0.126. The van der Waals surface area contributed by atoms with Gasteiger partial charge in [0.25, 0.3) is 0 Å². The van der Waals surface area contributed by atoms with Crippen molar-refractivity contribution in [2.45, 2.75) is 25.7 Å². The molecule has 0 aliphatic carbocycles. The van der Waals surface area contributed by atoms with Crippen LogP contribution in [-0.2, 0) is 9.53 Å². The molecule has 1 aliphatic rings. The molecule has 3 heteroatoms. The zero-order valence-electron chi connectivity index (χ0n) is 8.87. The van der Waals surface area contributed by atoms with Crippen LogP contribution in [0.4, 0.5) is 0 Å². The Hall–Kier alpha value is -0.830. The smallest absolute Gasteiger partial charge is 0.246 e. The number of methoxy groups -OCH3 is 1. The van der Waals surface area contributed by atoms with E-state index < -0.39 is 0 Å². The summed E-state index contributed by atoms with van der Waals surface area (Å²) < 4.78 is 4.85. The number of ether oxygens (including phenoxy) is 1. The molecular formula is C11H19NO2. The zero-order chi connectivity index (χ0) is 10.2. The van der Waals surface area contributed by atoms with Gasteiger partial charge in [-0.25, -0.2) is 0 Å². The van der Waals surface area contributed by atoms with Crippen molar-refractivity contribution < 1.29 is 9.53 Å². The van der Waals surface area contributed by atoms with Crippen LogP contribution in [0.25, 0.3) is 0 Å². The zero-order valence-corrected chi connectivity index (χ0v) is 8.87. The predicted molar refractivity (Wildman–Crippen MR) is 56.1 cm³/mol. The first-order valence-corrected chi connectivity index (χ1v) is 5.29. The number of likely N-dealkylation sites (tertiary alicyclic amines) is 1. The van der Waals surface area contributed by atoms with Crippen molar-refractivity contribution in [3.63, 3.8) is 0 Å². The molecule has 1 aliphatic heterocycles. The second-order valence-electron chi connectivity index (χ2n) is 3.60. The number of carbonyl (C=O) groups excluding carboxylic acids is 1. The second-order valence-corrected chi connectivity index (χ2v) is 3.60. The van der Waals surface area contributed by atoms with Gasteiger partial charge in [0, 0.05) is 26.3 Å². The van der Waals surface area contributed by atoms with Gasteiger partial charge in [-0.15, -0.1) is 0 Å². The Balaban J connectivity index is 2.34. The van der Waals surface area contributed by atoms with E-state index in [9.17, 15) is 4.79 Å². The normalized spacial score (nSPS) is 18.5. The molecule has 0 atom stereocenters. The molecule has 1 saturated heterocycles. The summed E-state index contributed by atoms with van der Waals surface area (Å²) in [7, 11) is 1.63. The van der Waals surface area contributed by atoms with Crippen molar-refractivity contribution in [2.75, 3.05) is 26.8 Å². The lowest BCUT2D eigenvalue weighted by Gasteiger charge is -2.17. The van der Waals surface area contributed by atoms with Gasteiger partial charge in [-0.3, -0.25) is 4.79 Å². The highest BCUT2D eigenvalue weighted by atomic mass is 16.5. The van der Waals surface area contributed by atoms with Crippen LogP contribution in [0, 0.1) is 0 Å². The van der Waals surface area contributed by atoms with Gasteiger partial charge in [-0.05, 0) is 12.8 Å². The van der Waals surface area contributed by atoms with Gasteiger partial charge in [0.1, 0.15) is 0 Å². The first-order chi connectivity index (χ1) is 6.84. The number of amides is 1. The highest BCUT2D eigenvalue weighted by Crippen LogP contribution is 2.09. The highest BCUT2D eigenvalue weighted by molar-refractivity contribution is 5.87. The fraction of sp³-hybridized carbons (Fsp3) is 0.727. The third kappa shape index (κ3) is 3.92. The Kier molecular flexibility index (Phi) is 5.30. The van der Waals surface area contributed by atoms with Gasteiger partial charge in [0.2, 0.25) is 5.91 Å². The van der Waals surface area contributed by atoms with E-state index in [-0.39, 0.29) is 5.91 Å². The molecule has 3 nitrogen and oxygen atoms in total. The van der Waals surface area contributed by atoms with Crippen LogP contribution in [0.3, 0.4) is 0 Å². The number of rotatable bonds is 3. The monoisotopic (exact) mass is 197 g/mol. The van der Waals surface area contributed by atoms with E-state index in [1.807, 2.05) is 4.90 Å². The van der Waals surface area contributed by atoms with Gasteiger partial charge in [0.05, 0.1) is 6.61 Å². The molecule has 80 valence electrons. The van der Waals surface area contributed by atoms with E-state index in [0.717, 1.165) is 25.9 Å². The van der Waals surface area contributed by atoms with Crippen LogP contribution in [0.15, 0.2) is 12.2 Å². The third-order valence-corrected chi connectivity index (χ3v) is 2.44. The van der Waals surface area contributed by atoms with E-state index in [1.54, 1.807) is 19.3 Å². The molecule has 0 aromatic carbocycles. The van der Waals surface area contributed by atoms with E-state index in [1.165, 1.54) is 12.8 Å². The van der Waals surface area contributed by atoms with Gasteiger partial charge in [-0.1, -0.05) is 18.9 Å². The summed E-state index contributed by atoms with van der Waals surface area (Å²) in [4.78, 5) is 13.5. The Bertz CT molecular complexity index is 193. The first-order valence-electron chi connectivity index (χ1n) is 5.29. The predicted octanol–water partition coefficient (Wildman–Crippen LogP) is 1.59. The molecule has 0 spiro atoms. The highest BCUT2D eigenvalue weighted by Gasteiger charge is 2.12. The lowest BCUT2D eigenvalue weighted by Crippen LogP contribution is -2.30. The molecule has 0 saturated carbocycles. The molecule has 1 amide bonds. The van der Waals surface area contributed by atoms with E-state index in [4.69, 9.17) is 4.74 Å². The molecule has 0 aromatic rings. The van der Waals surface area contributed by atoms with Crippen molar-refractivity contribution in [2.24, 2.45) is 0 Å². The molecular weight excluding hydrogens is 178 g/mol. The molecule has 0 unspecified atom stereocenters. The molecule has 0 N–H and O–H groups in total. The van der Waals surface area contributed by atoms with Gasteiger partial charge in [0.15, 0.2) is 0 Å². The number of hydrogen-bond acceptors (Lipinski definition) is 2. The summed E-state index contributed by atoms with van der Waals surface area (Å²) in [6.45, 7) is 2.34. The Labute approximate surface area is 85.7 Å². The summed E-state index contributed by atoms with van der Waals surface area (Å²) in [5, 5.41) is 0. The fourth-order valence-electron chi connectivity index (χ4n) is 1.64. The van der Waals surface area contributed by atoms with Crippen LogP contribution < -0.4 is 0 Å². The minimum Gasteiger partial charge on any atom is -0.381 e. The van der Waals surface area contributed by atoms with E-state index in [0.29, 0.717) is 6.61 Å². The number of carbonyl (C=O) groups is 1. The Morgan fingerprint density at radius 3 is 2.50 bits per heavy atom. The maximum Gasteiger partial charge on any atom is 0.246 e. The minimum absolute atomic E-state index is 0.129. The average molecular weight is 197 g/mol. The van der Waals surface area contributed by atoms with Crippen LogP contribution >= 0.6 is 0 Å². The minimum atomic E-state index is 0.129. The third-order valence-electron chi connectivity index (χ3n) is 2.44. The van der Waals surface area contributed by atoms with Crippen molar-refractivity contribution in [3.05, 3.63) is 12.2 Å². The van der Waals surface area contributed by atoms with Crippen molar-refractivity contribution in [1.29, 1.82) is 0 Å². The first kappa shape index (κ1) is 11.2. The molecule has 1 rings (SSSR count). The quantitative estimate of drug-likeness (QED) is 0.643. The van der Waals surface area contributed by atoms with Crippen molar-refractivity contribution in [1.82, 2.24) is 4.90 Å². The molecule has 1 heterocycles. The van der Waals surface area contributed by atoms with Crippen LogP contribution in [0.2, 0.25) is 0 Å². The topological polar surface area (TPSA) is 29.5 Å². The standard InChI is InChI=1S/C11H19NO2/c1-14-10-6-7-11(13)12-8-4-2-3-5-9-12/h6-7H,2-5,8-10H2,1H3. The summed E-state index contributed by atoms with van der Waals surface area (Å²) in [5.74, 6) is 0.129. The molecule has 14 heavy (non-hydrogen) atoms. The largest absolute Gasteiger partial charge is 0.381 e. The van der Waals surface area contributed by atoms with Crippen LogP contribution in [0.5, 0.6) is 0 Å². The van der Waals surface area contributed by atoms with Crippen molar-refractivity contribution in [3.8, 4) is 0 Å². The van der Waals surface area contributed by atoms with Crippen molar-refractivity contribution >= 4 is 5.91 Å². The second kappa shape index (κ2) is 6.60. The maximum absolute atomic E-state index is 11.6. The van der Waals surface area contributed by atoms with E-state index in [2.05, 4.69) is 0 Å². The molecule has 0 aromatic heterocycles. The summed E-state index contributed by atoms with van der Waals surface area (Å²) in [6.07, 6.45) is 8.19. The SMILES string of the molecule is COCC=CC(=O)N1CCCCCC1. The Morgan fingerprint density at radius 2 is 1.93 bits per heavy atom. The molecule has 0 bridgehead atoms. The molecule has 0 radical (unpaired) electrons. The van der Waals surface area contributed by atoms with Crippen LogP contribution in [0.1, 0.15) is 25.7 Å². The summed E-state index contributed by atoms with van der Waals surface area (Å²) in [6, 6.07) is 0. The van der Waals surface area contributed by atoms with Gasteiger partial charge >= 0.3 is 0 Å². The average Bonchev–Trinajstić information content (AvgIpc) is 2.46. The van der Waals surface area contributed by atoms with Gasteiger partial charge < -0.3 is 9.64 Å². The fourth-order valence-corrected chi connectivity index (χ4v) is 1.64. The van der Waals surface area contributed by atoms with Gasteiger partial charge in [-0.2, -0.15) is 0 Å². The lowest BCUT2D eigenvalue weighted by atomic mass is 10.2. The Morgan fingerprint density at radius 1 is 1.29 bits per heavy atom. The maximum atomic E-state index is 11.6. The summed E-state index contributed by atoms with van der Waals surface area (Å²) in [5.41, 5.74) is 0. The van der Waals surface area contributed by atoms with Crippen LogP contribution in [-0.4, -0.2) is 37.6 Å².